The van der Waals surface area contributed by atoms with Gasteiger partial charge in [-0.1, -0.05) is 59.8 Å². The Morgan fingerprint density at radius 3 is 2.33 bits per heavy atom. The van der Waals surface area contributed by atoms with Crippen molar-refractivity contribution in [1.82, 2.24) is 10.5 Å². The van der Waals surface area contributed by atoms with E-state index in [1.165, 1.54) is 6.08 Å². The average Bonchev–Trinajstić information content (AvgIpc) is 3.44. The summed E-state index contributed by atoms with van der Waals surface area (Å²) in [7, 11) is 0. The summed E-state index contributed by atoms with van der Waals surface area (Å²) in [5.74, 6) is -1.34. The van der Waals surface area contributed by atoms with Crippen LogP contribution >= 0.6 is 0 Å². The fraction of sp³-hybridized carbons (Fsp3) is 0.345. The second kappa shape index (κ2) is 10.5. The Bertz CT molecular complexity index is 1350. The number of carbonyl (C=O) groups excluding carboxylic acids is 3. The van der Waals surface area contributed by atoms with Crippen molar-refractivity contribution in [2.75, 3.05) is 6.61 Å². The van der Waals surface area contributed by atoms with Gasteiger partial charge in [0.25, 0.3) is 0 Å². The van der Waals surface area contributed by atoms with E-state index in [1.54, 1.807) is 19.1 Å². The lowest BCUT2D eigenvalue weighted by atomic mass is 9.98. The molecule has 10 heteroatoms. The highest BCUT2D eigenvalue weighted by Crippen LogP contribution is 2.44. The van der Waals surface area contributed by atoms with Crippen molar-refractivity contribution in [2.45, 2.75) is 57.4 Å². The number of hydrogen-bond acceptors (Lipinski definition) is 9. The Kier molecular flexibility index (Phi) is 7.05. The Morgan fingerprint density at radius 1 is 1.05 bits per heavy atom. The Hall–Kier alpha value is -4.31. The Labute approximate surface area is 226 Å². The van der Waals surface area contributed by atoms with Crippen molar-refractivity contribution in [3.8, 4) is 11.1 Å². The first-order valence-electron chi connectivity index (χ1n) is 12.8. The molecule has 0 spiro atoms. The van der Waals surface area contributed by atoms with Gasteiger partial charge in [-0.25, -0.2) is 9.59 Å². The quantitative estimate of drug-likeness (QED) is 0.554. The second-order valence-corrected chi connectivity index (χ2v) is 10.5. The number of fused-ring (bicyclic) bond motifs is 4. The van der Waals surface area contributed by atoms with Gasteiger partial charge < -0.3 is 19.6 Å². The lowest BCUT2D eigenvalue weighted by molar-refractivity contribution is -0.203. The van der Waals surface area contributed by atoms with Crippen LogP contribution < -0.4 is 5.32 Å². The minimum absolute atomic E-state index is 0.0769. The summed E-state index contributed by atoms with van der Waals surface area (Å²) in [5, 5.41) is 11.1. The molecule has 202 valence electrons. The normalized spacial score (nSPS) is 19.1. The van der Waals surface area contributed by atoms with Crippen LogP contribution in [0.15, 0.2) is 82.8 Å². The van der Waals surface area contributed by atoms with Crippen LogP contribution in [0.1, 0.15) is 44.7 Å². The lowest BCUT2D eigenvalue weighted by Crippen LogP contribution is -2.53. The van der Waals surface area contributed by atoms with Gasteiger partial charge in [-0.15, -0.1) is 5.11 Å². The van der Waals surface area contributed by atoms with Gasteiger partial charge in [0.2, 0.25) is 0 Å². The van der Waals surface area contributed by atoms with E-state index in [0.717, 1.165) is 27.4 Å². The van der Waals surface area contributed by atoms with Gasteiger partial charge >= 0.3 is 12.1 Å². The van der Waals surface area contributed by atoms with Crippen LogP contribution in [0.2, 0.25) is 0 Å². The molecule has 2 aromatic rings. The third-order valence-corrected chi connectivity index (χ3v) is 6.61. The molecule has 1 aliphatic heterocycles. The molecular formula is C29H30N4O6. The predicted octanol–water partition coefficient (Wildman–Crippen LogP) is 4.63. The van der Waals surface area contributed by atoms with Gasteiger partial charge in [0, 0.05) is 5.92 Å². The van der Waals surface area contributed by atoms with Crippen LogP contribution in [0, 0.1) is 0 Å². The van der Waals surface area contributed by atoms with Crippen LogP contribution in [-0.2, 0) is 23.9 Å². The molecule has 2 aliphatic carbocycles. The maximum atomic E-state index is 13.3. The Morgan fingerprint density at radius 2 is 1.69 bits per heavy atom. The summed E-state index contributed by atoms with van der Waals surface area (Å²) in [6, 6.07) is 13.8. The molecule has 39 heavy (non-hydrogen) atoms. The molecule has 0 aromatic heterocycles. The number of carbonyl (C=O) groups is 3. The van der Waals surface area contributed by atoms with E-state index in [-0.39, 0.29) is 18.3 Å². The van der Waals surface area contributed by atoms with Crippen LogP contribution in [0.4, 0.5) is 4.79 Å². The molecule has 3 aliphatic rings. The number of benzene rings is 2. The number of ether oxygens (including phenoxy) is 2. The van der Waals surface area contributed by atoms with Crippen molar-refractivity contribution >= 4 is 17.8 Å². The van der Waals surface area contributed by atoms with Crippen molar-refractivity contribution in [3.05, 3.63) is 83.6 Å². The van der Waals surface area contributed by atoms with E-state index in [9.17, 15) is 14.4 Å². The van der Waals surface area contributed by atoms with Crippen LogP contribution in [0.5, 0.6) is 0 Å². The van der Waals surface area contributed by atoms with E-state index in [4.69, 9.17) is 14.3 Å². The Balaban J connectivity index is 1.28. The molecule has 0 saturated heterocycles. The largest absolute Gasteiger partial charge is 0.449 e. The maximum Gasteiger partial charge on any atom is 0.407 e. The number of nitrogens with zero attached hydrogens (tertiary/aromatic N) is 3. The third kappa shape index (κ3) is 5.46. The van der Waals surface area contributed by atoms with Gasteiger partial charge in [0.05, 0.1) is 11.7 Å². The van der Waals surface area contributed by atoms with E-state index in [0.29, 0.717) is 5.70 Å². The number of allylic oxidation sites excluding steroid dienone is 2. The monoisotopic (exact) mass is 530 g/mol. The van der Waals surface area contributed by atoms with E-state index >= 15 is 0 Å². The fourth-order valence-electron chi connectivity index (χ4n) is 5.01. The number of amides is 1. The van der Waals surface area contributed by atoms with Crippen molar-refractivity contribution in [3.63, 3.8) is 0 Å². The minimum Gasteiger partial charge on any atom is -0.449 e. The molecule has 1 amide bonds. The van der Waals surface area contributed by atoms with Crippen LogP contribution in [0.25, 0.3) is 11.1 Å². The molecule has 1 heterocycles. The van der Waals surface area contributed by atoms with Gasteiger partial charge in [-0.2, -0.15) is 0 Å². The van der Waals surface area contributed by atoms with E-state index in [2.05, 4.69) is 27.8 Å². The average molecular weight is 531 g/mol. The SMILES string of the molecule is C[C@H](OC(C)(C)C)[C@H](NC(=O)OCC1c2ccccc2-c2ccccc21)C(=O)ON1N=NC2=CC=CC(=O)[C@H]21. The number of rotatable bonds is 7. The smallest absolute Gasteiger partial charge is 0.407 e. The summed E-state index contributed by atoms with van der Waals surface area (Å²) in [6.07, 6.45) is 2.92. The first-order chi connectivity index (χ1) is 18.6. The molecule has 0 radical (unpaired) electrons. The third-order valence-electron chi connectivity index (χ3n) is 6.61. The van der Waals surface area contributed by atoms with Gasteiger partial charge in [0.15, 0.2) is 17.9 Å². The molecule has 0 saturated carbocycles. The van der Waals surface area contributed by atoms with Gasteiger partial charge in [-0.3, -0.25) is 4.79 Å². The zero-order valence-corrected chi connectivity index (χ0v) is 22.2. The lowest BCUT2D eigenvalue weighted by Gasteiger charge is -2.31. The number of nitrogens with one attached hydrogen (secondary N) is 1. The highest BCUT2D eigenvalue weighted by molar-refractivity contribution is 5.98. The van der Waals surface area contributed by atoms with E-state index < -0.39 is 35.9 Å². The summed E-state index contributed by atoms with van der Waals surface area (Å²) >= 11 is 0. The highest BCUT2D eigenvalue weighted by atomic mass is 16.7. The van der Waals surface area contributed by atoms with Crippen molar-refractivity contribution < 1.29 is 28.7 Å². The highest BCUT2D eigenvalue weighted by Gasteiger charge is 2.41. The molecule has 5 rings (SSSR count). The van der Waals surface area contributed by atoms with Gasteiger partial charge in [0.1, 0.15) is 12.3 Å². The van der Waals surface area contributed by atoms with Crippen LogP contribution in [0.3, 0.4) is 0 Å². The summed E-state index contributed by atoms with van der Waals surface area (Å²) < 4.78 is 11.6. The summed E-state index contributed by atoms with van der Waals surface area (Å²) in [4.78, 5) is 44.0. The second-order valence-electron chi connectivity index (χ2n) is 10.5. The van der Waals surface area contributed by atoms with Crippen molar-refractivity contribution in [2.24, 2.45) is 10.3 Å². The first-order valence-corrected chi connectivity index (χ1v) is 12.8. The van der Waals surface area contributed by atoms with Crippen LogP contribution in [-0.4, -0.2) is 53.4 Å². The molecule has 2 aromatic carbocycles. The number of hydrogen-bond donors (Lipinski definition) is 1. The molecule has 1 N–H and O–H groups in total. The minimum atomic E-state index is -1.25. The van der Waals surface area contributed by atoms with E-state index in [1.807, 2.05) is 57.2 Å². The molecule has 10 nitrogen and oxygen atoms in total. The molecule has 0 bridgehead atoms. The molecule has 0 fully saturated rings. The first kappa shape index (κ1) is 26.3. The fourth-order valence-corrected chi connectivity index (χ4v) is 5.01. The predicted molar refractivity (Wildman–Crippen MR) is 141 cm³/mol. The number of hydroxylamine groups is 1. The standard InChI is InChI=1S/C29H30N4O6/c1-17(38-29(2,3)4)25(27(35)39-33-26-23(31-32-33)14-9-15-24(26)34)30-28(36)37-16-22-20-12-7-5-10-18(20)19-11-6-8-13-21(19)22/h5-15,17,22,25-26H,16H2,1-4H3,(H,30,36)/t17-,25-,26-/m0/s1. The van der Waals surface area contributed by atoms with Gasteiger partial charge in [-0.05, 0) is 67.3 Å². The summed E-state index contributed by atoms with van der Waals surface area (Å²) in [6.45, 7) is 7.22. The number of ketones is 1. The molecule has 3 atom stereocenters. The zero-order valence-electron chi connectivity index (χ0n) is 22.2. The number of alkyl carbamates (subject to hydrolysis) is 1. The summed E-state index contributed by atoms with van der Waals surface area (Å²) in [5.41, 5.74) is 4.10. The molecular weight excluding hydrogens is 500 g/mol. The van der Waals surface area contributed by atoms with Crippen molar-refractivity contribution in [1.29, 1.82) is 0 Å². The zero-order chi connectivity index (χ0) is 27.7. The maximum absolute atomic E-state index is 13.3. The molecule has 0 unspecified atom stereocenters. The topological polar surface area (TPSA) is 119 Å².